The van der Waals surface area contributed by atoms with Crippen LogP contribution in [-0.2, 0) is 11.0 Å². The van der Waals surface area contributed by atoms with Gasteiger partial charge in [0.2, 0.25) is 5.95 Å². The Morgan fingerprint density at radius 3 is 2.51 bits per heavy atom. The number of aliphatic hydroxyl groups is 1. The first kappa shape index (κ1) is 25.4. The Balaban J connectivity index is 1.52. The van der Waals surface area contributed by atoms with Crippen molar-refractivity contribution in [1.82, 2.24) is 9.97 Å². The number of carboxylic acid groups (broad SMARTS) is 1. The molecule has 2 heterocycles. The van der Waals surface area contributed by atoms with Crippen molar-refractivity contribution in [3.05, 3.63) is 47.3 Å². The predicted octanol–water partition coefficient (Wildman–Crippen LogP) is 5.23. The van der Waals surface area contributed by atoms with E-state index in [2.05, 4.69) is 20.3 Å². The lowest BCUT2D eigenvalue weighted by molar-refractivity contribution is -0.151. The molecule has 3 N–H and O–H groups in total. The van der Waals surface area contributed by atoms with Gasteiger partial charge in [-0.05, 0) is 60.9 Å². The molecule has 7 nitrogen and oxygen atoms in total. The van der Waals surface area contributed by atoms with Crippen molar-refractivity contribution in [3.8, 4) is 0 Å². The molecule has 2 aromatic rings. The number of benzene rings is 1. The second-order valence-electron chi connectivity index (χ2n) is 9.42. The quantitative estimate of drug-likeness (QED) is 0.508. The highest BCUT2D eigenvalue weighted by Crippen LogP contribution is 2.51. The number of aryl methyl sites for hydroxylation is 1. The summed E-state index contributed by atoms with van der Waals surface area (Å²) in [7, 11) is 0. The number of aliphatic carboxylic acids is 1. The number of aromatic nitrogens is 2. The molecule has 1 aromatic heterocycles. The van der Waals surface area contributed by atoms with E-state index < -0.39 is 34.7 Å². The molecule has 1 fully saturated rings. The van der Waals surface area contributed by atoms with Crippen LogP contribution in [0.4, 0.5) is 24.8 Å². The lowest BCUT2D eigenvalue weighted by atomic mass is 9.65. The van der Waals surface area contributed by atoms with Gasteiger partial charge in [0.15, 0.2) is 0 Å². The van der Waals surface area contributed by atoms with E-state index in [-0.39, 0.29) is 23.0 Å². The van der Waals surface area contributed by atoms with Gasteiger partial charge in [-0.25, -0.2) is 9.97 Å². The van der Waals surface area contributed by atoms with E-state index >= 15 is 0 Å². The van der Waals surface area contributed by atoms with Crippen LogP contribution in [0.5, 0.6) is 0 Å². The first-order valence-corrected chi connectivity index (χ1v) is 12.2. The third-order valence-electron chi connectivity index (χ3n) is 6.86. The van der Waals surface area contributed by atoms with Crippen LogP contribution in [0.3, 0.4) is 0 Å². The summed E-state index contributed by atoms with van der Waals surface area (Å²) in [5.41, 5.74) is 0.131. The molecule has 1 aromatic carbocycles. The van der Waals surface area contributed by atoms with Crippen LogP contribution in [0.15, 0.2) is 35.5 Å². The Hall–Kier alpha value is -2.66. The topological polar surface area (TPSA) is 108 Å². The number of halogens is 3. The lowest BCUT2D eigenvalue weighted by Gasteiger charge is -2.47. The van der Waals surface area contributed by atoms with Crippen LogP contribution >= 0.6 is 11.8 Å². The number of thioether (sulfide) groups is 1. The fourth-order valence-corrected chi connectivity index (χ4v) is 6.55. The van der Waals surface area contributed by atoms with E-state index in [1.807, 2.05) is 26.8 Å². The largest absolute Gasteiger partial charge is 0.481 e. The molecule has 0 spiro atoms. The van der Waals surface area contributed by atoms with Crippen LogP contribution in [0, 0.1) is 24.7 Å². The molecule has 0 saturated heterocycles. The predicted molar refractivity (Wildman–Crippen MR) is 128 cm³/mol. The smallest absolute Gasteiger partial charge is 0.433 e. The number of rotatable bonds is 5. The Morgan fingerprint density at radius 1 is 1.20 bits per heavy atom. The standard InChI is InChI=1S/C24H27F3N4O3S/c1-12-6-15(10-17(7-12)30-22-28-5-4-19(31-22)24(25,26)27)18-11-29-21(35-18)23(34)13(2)8-16(20(32)33)9-14(23)3/h4-7,10-11,13-14,16,18,21,34H,8-9H2,1-3H3,(H,32,33)(H,28,30,31). The maximum atomic E-state index is 13.0. The average Bonchev–Trinajstić information content (AvgIpc) is 3.27. The summed E-state index contributed by atoms with van der Waals surface area (Å²) in [6, 6.07) is 6.37. The van der Waals surface area contributed by atoms with Gasteiger partial charge in [0, 0.05) is 18.1 Å². The number of carbonyl (C=O) groups is 1. The minimum Gasteiger partial charge on any atom is -0.481 e. The van der Waals surface area contributed by atoms with E-state index in [9.17, 15) is 28.2 Å². The highest BCUT2D eigenvalue weighted by Gasteiger charge is 2.53. The Kier molecular flexibility index (Phi) is 6.85. The first-order chi connectivity index (χ1) is 16.4. The van der Waals surface area contributed by atoms with E-state index in [1.54, 1.807) is 18.3 Å². The zero-order valence-corrected chi connectivity index (χ0v) is 20.3. The van der Waals surface area contributed by atoms with Crippen molar-refractivity contribution < 1.29 is 28.2 Å². The second kappa shape index (κ2) is 9.42. The van der Waals surface area contributed by atoms with Crippen molar-refractivity contribution >= 4 is 35.6 Å². The summed E-state index contributed by atoms with van der Waals surface area (Å²) < 4.78 is 39.0. The molecule has 11 heteroatoms. The number of hydrogen-bond donors (Lipinski definition) is 3. The maximum Gasteiger partial charge on any atom is 0.433 e. The Bertz CT molecular complexity index is 1130. The Morgan fingerprint density at radius 2 is 1.89 bits per heavy atom. The van der Waals surface area contributed by atoms with Gasteiger partial charge in [-0.2, -0.15) is 13.2 Å². The van der Waals surface area contributed by atoms with E-state index in [0.717, 1.165) is 23.4 Å². The van der Waals surface area contributed by atoms with Crippen molar-refractivity contribution in [2.45, 2.75) is 56.0 Å². The van der Waals surface area contributed by atoms with Crippen LogP contribution in [0.2, 0.25) is 0 Å². The van der Waals surface area contributed by atoms with Gasteiger partial charge in [0.05, 0.1) is 11.2 Å². The fourth-order valence-electron chi connectivity index (χ4n) is 5.02. The van der Waals surface area contributed by atoms with E-state index in [1.165, 1.54) is 11.8 Å². The molecule has 0 radical (unpaired) electrons. The van der Waals surface area contributed by atoms with Gasteiger partial charge in [0.1, 0.15) is 16.7 Å². The van der Waals surface area contributed by atoms with Crippen molar-refractivity contribution in [1.29, 1.82) is 0 Å². The molecule has 4 atom stereocenters. The van der Waals surface area contributed by atoms with Crippen molar-refractivity contribution in [2.24, 2.45) is 22.7 Å². The second-order valence-corrected chi connectivity index (χ2v) is 10.7. The summed E-state index contributed by atoms with van der Waals surface area (Å²) in [6.07, 6.45) is -0.955. The zero-order valence-electron chi connectivity index (χ0n) is 19.5. The van der Waals surface area contributed by atoms with Gasteiger partial charge in [0.25, 0.3) is 0 Å². The minimum absolute atomic E-state index is 0.158. The lowest BCUT2D eigenvalue weighted by Crippen LogP contribution is -2.54. The number of nitrogens with one attached hydrogen (secondary N) is 1. The molecule has 188 valence electrons. The molecule has 0 amide bonds. The molecule has 1 saturated carbocycles. The van der Waals surface area contributed by atoms with Gasteiger partial charge in [-0.1, -0.05) is 19.9 Å². The van der Waals surface area contributed by atoms with Crippen LogP contribution in [0.25, 0.3) is 0 Å². The number of aliphatic imine (C=N–C) groups is 1. The molecule has 0 bridgehead atoms. The maximum absolute atomic E-state index is 13.0. The van der Waals surface area contributed by atoms with Crippen molar-refractivity contribution in [2.75, 3.05) is 5.32 Å². The molecule has 1 aliphatic heterocycles. The molecule has 4 rings (SSSR count). The van der Waals surface area contributed by atoms with Gasteiger partial charge < -0.3 is 15.5 Å². The third-order valence-corrected chi connectivity index (χ3v) is 8.31. The normalized spacial score (nSPS) is 30.9. The summed E-state index contributed by atoms with van der Waals surface area (Å²) >= 11 is 1.49. The number of alkyl halides is 3. The third kappa shape index (κ3) is 5.16. The monoisotopic (exact) mass is 508 g/mol. The summed E-state index contributed by atoms with van der Waals surface area (Å²) in [6.45, 7) is 5.62. The highest BCUT2D eigenvalue weighted by molar-refractivity contribution is 8.01. The van der Waals surface area contributed by atoms with Crippen LogP contribution in [0.1, 0.15) is 48.8 Å². The van der Waals surface area contributed by atoms with E-state index in [0.29, 0.717) is 18.5 Å². The first-order valence-electron chi connectivity index (χ1n) is 11.3. The van der Waals surface area contributed by atoms with Gasteiger partial charge >= 0.3 is 12.1 Å². The molecule has 2 aliphatic rings. The Labute approximate surface area is 205 Å². The summed E-state index contributed by atoms with van der Waals surface area (Å²) in [5.74, 6) is -1.96. The van der Waals surface area contributed by atoms with Crippen molar-refractivity contribution in [3.63, 3.8) is 0 Å². The summed E-state index contributed by atoms with van der Waals surface area (Å²) in [4.78, 5) is 23.6. The van der Waals surface area contributed by atoms with Gasteiger partial charge in [-0.15, -0.1) is 11.8 Å². The SMILES string of the molecule is Cc1cc(Nc2nccc(C(F)(F)F)n2)cc(C2C=NC(C3(O)C(C)CC(C(=O)O)CC3C)S2)c1. The molecule has 35 heavy (non-hydrogen) atoms. The number of hydrogen-bond acceptors (Lipinski definition) is 7. The molecule has 1 aliphatic carbocycles. The van der Waals surface area contributed by atoms with Crippen LogP contribution in [-0.4, -0.2) is 43.3 Å². The number of carboxylic acids is 1. The highest BCUT2D eigenvalue weighted by atomic mass is 32.2. The number of anilines is 2. The molecular formula is C24H27F3N4O3S. The average molecular weight is 509 g/mol. The molecule has 4 unspecified atom stereocenters. The minimum atomic E-state index is -4.57. The van der Waals surface area contributed by atoms with Gasteiger partial charge in [-0.3, -0.25) is 9.79 Å². The van der Waals surface area contributed by atoms with Crippen LogP contribution < -0.4 is 5.32 Å². The van der Waals surface area contributed by atoms with E-state index in [4.69, 9.17) is 0 Å². The summed E-state index contributed by atoms with van der Waals surface area (Å²) in [5, 5.41) is 23.3. The zero-order chi connectivity index (χ0) is 25.5. The fraction of sp³-hybridized carbons (Fsp3) is 0.500. The number of nitrogens with zero attached hydrogens (tertiary/aromatic N) is 3. The molecular weight excluding hydrogens is 481 g/mol.